The molecule has 1 aliphatic rings. The van der Waals surface area contributed by atoms with E-state index in [9.17, 15) is 14.3 Å². The number of aromatic nitrogens is 2. The van der Waals surface area contributed by atoms with Gasteiger partial charge in [0, 0.05) is 24.6 Å². The van der Waals surface area contributed by atoms with Crippen LogP contribution in [0.2, 0.25) is 0 Å². The van der Waals surface area contributed by atoms with Gasteiger partial charge in [-0.1, -0.05) is 24.3 Å². The lowest BCUT2D eigenvalue weighted by atomic mass is 10.1. The number of rotatable bonds is 7. The third kappa shape index (κ3) is 4.77. The minimum absolute atomic E-state index is 0.0287. The van der Waals surface area contributed by atoms with Crippen molar-refractivity contribution in [2.24, 2.45) is 0 Å². The van der Waals surface area contributed by atoms with Gasteiger partial charge in [0.05, 0.1) is 17.6 Å². The van der Waals surface area contributed by atoms with Gasteiger partial charge in [0.1, 0.15) is 30.1 Å². The summed E-state index contributed by atoms with van der Waals surface area (Å²) in [5.41, 5.74) is 4.50. The molecule has 0 radical (unpaired) electrons. The molecular formula is C28H28FN3O3. The minimum atomic E-state index is -0.767. The molecule has 180 valence electrons. The van der Waals surface area contributed by atoms with Crippen LogP contribution in [0.1, 0.15) is 29.3 Å². The van der Waals surface area contributed by atoms with E-state index in [1.165, 1.54) is 12.1 Å². The Balaban J connectivity index is 1.38. The first-order chi connectivity index (χ1) is 16.9. The Labute approximate surface area is 203 Å². The van der Waals surface area contributed by atoms with Gasteiger partial charge in [0.15, 0.2) is 0 Å². The van der Waals surface area contributed by atoms with E-state index in [2.05, 4.69) is 0 Å². The number of carbonyl (C=O) groups is 1. The average molecular weight is 474 g/mol. The Morgan fingerprint density at radius 3 is 2.69 bits per heavy atom. The quantitative estimate of drug-likeness (QED) is 0.421. The highest BCUT2D eigenvalue weighted by Crippen LogP contribution is 2.33. The molecule has 2 heterocycles. The highest BCUT2D eigenvalue weighted by molar-refractivity contribution is 5.96. The maximum atomic E-state index is 13.4. The molecule has 1 saturated heterocycles. The number of hydrogen-bond acceptors (Lipinski definition) is 4. The van der Waals surface area contributed by atoms with E-state index in [0.29, 0.717) is 25.2 Å². The summed E-state index contributed by atoms with van der Waals surface area (Å²) in [4.78, 5) is 19.4. The van der Waals surface area contributed by atoms with Crippen LogP contribution in [0.25, 0.3) is 11.0 Å². The summed E-state index contributed by atoms with van der Waals surface area (Å²) in [5, 5.41) is 10.9. The lowest BCUT2D eigenvalue weighted by Crippen LogP contribution is -2.26. The van der Waals surface area contributed by atoms with Crippen molar-refractivity contribution in [1.82, 2.24) is 9.55 Å². The van der Waals surface area contributed by atoms with Crippen LogP contribution in [0.15, 0.2) is 66.7 Å². The summed E-state index contributed by atoms with van der Waals surface area (Å²) >= 11 is 0. The number of aliphatic hydroxyl groups is 1. The van der Waals surface area contributed by atoms with Gasteiger partial charge >= 0.3 is 0 Å². The van der Waals surface area contributed by atoms with Crippen molar-refractivity contribution >= 4 is 22.6 Å². The van der Waals surface area contributed by atoms with Crippen LogP contribution in [-0.4, -0.2) is 39.8 Å². The zero-order valence-electron chi connectivity index (χ0n) is 19.8. The van der Waals surface area contributed by atoms with Crippen molar-refractivity contribution in [3.05, 3.63) is 89.5 Å². The molecule has 0 saturated carbocycles. The summed E-state index contributed by atoms with van der Waals surface area (Å²) in [6.45, 7) is 4.86. The van der Waals surface area contributed by atoms with Crippen LogP contribution in [0, 0.1) is 19.7 Å². The van der Waals surface area contributed by atoms with Gasteiger partial charge in [-0.05, 0) is 67.4 Å². The fraction of sp³-hybridized carbons (Fsp3) is 0.286. The number of halogens is 1. The molecule has 0 unspecified atom stereocenters. The van der Waals surface area contributed by atoms with E-state index in [1.54, 1.807) is 17.0 Å². The zero-order chi connectivity index (χ0) is 24.5. The van der Waals surface area contributed by atoms with Crippen LogP contribution in [0.4, 0.5) is 10.1 Å². The molecule has 1 amide bonds. The molecule has 5 rings (SSSR count). The van der Waals surface area contributed by atoms with Gasteiger partial charge in [0.25, 0.3) is 0 Å². The van der Waals surface area contributed by atoms with Crippen LogP contribution >= 0.6 is 0 Å². The van der Waals surface area contributed by atoms with Crippen molar-refractivity contribution in [2.75, 3.05) is 18.1 Å². The monoisotopic (exact) mass is 473 g/mol. The van der Waals surface area contributed by atoms with Gasteiger partial charge in [-0.3, -0.25) is 4.79 Å². The van der Waals surface area contributed by atoms with Gasteiger partial charge in [-0.15, -0.1) is 0 Å². The van der Waals surface area contributed by atoms with Crippen molar-refractivity contribution in [1.29, 1.82) is 0 Å². The number of aryl methyl sites for hydroxylation is 2. The van der Waals surface area contributed by atoms with E-state index in [0.717, 1.165) is 33.7 Å². The standard InChI is InChI=1S/C28H28FN3O3/c1-18-7-8-19(2)26(13-18)35-17-23(33)16-32-25-6-4-3-5-24(25)30-28(32)20-14-27(34)31(15-20)22-11-9-21(29)10-12-22/h3-13,20,23,33H,14-17H2,1-2H3/t20-,23+/m0/s1. The first-order valence-corrected chi connectivity index (χ1v) is 11.8. The molecule has 35 heavy (non-hydrogen) atoms. The number of nitrogens with zero attached hydrogens (tertiary/aromatic N) is 3. The van der Waals surface area contributed by atoms with Gasteiger partial charge in [0.2, 0.25) is 5.91 Å². The molecule has 0 spiro atoms. The first-order valence-electron chi connectivity index (χ1n) is 11.8. The van der Waals surface area contributed by atoms with Crippen molar-refractivity contribution in [3.8, 4) is 5.75 Å². The number of hydrogen-bond donors (Lipinski definition) is 1. The zero-order valence-corrected chi connectivity index (χ0v) is 19.8. The fourth-order valence-electron chi connectivity index (χ4n) is 4.66. The largest absolute Gasteiger partial charge is 0.491 e. The molecular weight excluding hydrogens is 445 g/mol. The number of amides is 1. The molecule has 0 aliphatic carbocycles. The lowest BCUT2D eigenvalue weighted by molar-refractivity contribution is -0.117. The molecule has 2 atom stereocenters. The molecule has 3 aromatic carbocycles. The first kappa shape index (κ1) is 23.1. The van der Waals surface area contributed by atoms with Gasteiger partial charge in [-0.25, -0.2) is 9.37 Å². The number of carbonyl (C=O) groups excluding carboxylic acids is 1. The Morgan fingerprint density at radius 1 is 1.11 bits per heavy atom. The predicted molar refractivity (Wildman–Crippen MR) is 133 cm³/mol. The molecule has 1 aromatic heterocycles. The van der Waals surface area contributed by atoms with Crippen molar-refractivity contribution < 1.29 is 19.0 Å². The van der Waals surface area contributed by atoms with Crippen molar-refractivity contribution in [2.45, 2.75) is 38.8 Å². The number of benzene rings is 3. The maximum Gasteiger partial charge on any atom is 0.227 e. The van der Waals surface area contributed by atoms with E-state index in [1.807, 2.05) is 60.9 Å². The molecule has 7 heteroatoms. The summed E-state index contributed by atoms with van der Waals surface area (Å²) in [6.07, 6.45) is -0.466. The Bertz CT molecular complexity index is 1370. The summed E-state index contributed by atoms with van der Waals surface area (Å²) < 4.78 is 21.3. The molecule has 0 bridgehead atoms. The van der Waals surface area contributed by atoms with E-state index in [4.69, 9.17) is 9.72 Å². The highest BCUT2D eigenvalue weighted by Gasteiger charge is 2.35. The minimum Gasteiger partial charge on any atom is -0.491 e. The number of fused-ring (bicyclic) bond motifs is 1. The van der Waals surface area contributed by atoms with Gasteiger partial charge < -0.3 is 19.3 Å². The molecule has 4 aromatic rings. The topological polar surface area (TPSA) is 67.6 Å². The smallest absolute Gasteiger partial charge is 0.227 e. The van der Waals surface area contributed by atoms with Gasteiger partial charge in [-0.2, -0.15) is 0 Å². The normalized spacial score (nSPS) is 16.7. The van der Waals surface area contributed by atoms with Crippen LogP contribution in [0.3, 0.4) is 0 Å². The second kappa shape index (κ2) is 9.50. The van der Waals surface area contributed by atoms with Crippen LogP contribution in [0.5, 0.6) is 5.75 Å². The molecule has 1 aliphatic heterocycles. The second-order valence-corrected chi connectivity index (χ2v) is 9.18. The van der Waals surface area contributed by atoms with E-state index in [-0.39, 0.29) is 24.2 Å². The van der Waals surface area contributed by atoms with Crippen LogP contribution < -0.4 is 9.64 Å². The summed E-state index contributed by atoms with van der Waals surface area (Å²) in [5.74, 6) is 1.01. The molecule has 6 nitrogen and oxygen atoms in total. The van der Waals surface area contributed by atoms with Crippen LogP contribution in [-0.2, 0) is 11.3 Å². The number of para-hydroxylation sites is 2. The fourth-order valence-corrected chi connectivity index (χ4v) is 4.66. The average Bonchev–Trinajstić information content (AvgIpc) is 3.41. The number of anilines is 1. The SMILES string of the molecule is Cc1ccc(C)c(OC[C@H](O)Cn2c([C@H]3CC(=O)N(c4ccc(F)cc4)C3)nc3ccccc32)c1. The number of ether oxygens (including phenoxy) is 1. The molecule has 1 N–H and O–H groups in total. The second-order valence-electron chi connectivity index (χ2n) is 9.18. The molecule has 1 fully saturated rings. The third-order valence-electron chi connectivity index (χ3n) is 6.48. The third-order valence-corrected chi connectivity index (χ3v) is 6.48. The Kier molecular flexibility index (Phi) is 6.26. The number of imidazole rings is 1. The van der Waals surface area contributed by atoms with Crippen molar-refractivity contribution in [3.63, 3.8) is 0 Å². The maximum absolute atomic E-state index is 13.4. The Morgan fingerprint density at radius 2 is 1.89 bits per heavy atom. The predicted octanol–water partition coefficient (Wildman–Crippen LogP) is 4.75. The van der Waals surface area contributed by atoms with E-state index < -0.39 is 6.10 Å². The Hall–Kier alpha value is -3.71. The number of aliphatic hydroxyl groups excluding tert-OH is 1. The van der Waals surface area contributed by atoms with E-state index >= 15 is 0 Å². The lowest BCUT2D eigenvalue weighted by Gasteiger charge is -2.19. The summed E-state index contributed by atoms with van der Waals surface area (Å²) in [7, 11) is 0. The summed E-state index contributed by atoms with van der Waals surface area (Å²) in [6, 6.07) is 19.7. The highest BCUT2D eigenvalue weighted by atomic mass is 19.1.